The molecule has 4 amide bonds. The van der Waals surface area contributed by atoms with Crippen molar-refractivity contribution in [3.05, 3.63) is 0 Å². The SMILES string of the molecule is CSCCC(NC(=O)C1CCCN1C(=O)C(N)CCC(N)=O)C(=O)NC(C(=O)O)C(C)C. The monoisotopic (exact) mass is 473 g/mol. The predicted molar refractivity (Wildman–Crippen MR) is 120 cm³/mol. The molecule has 1 saturated heterocycles. The molecule has 11 nitrogen and oxygen atoms in total. The molecular weight excluding hydrogens is 438 g/mol. The molecule has 0 radical (unpaired) electrons. The number of aliphatic carboxylic acids is 1. The van der Waals surface area contributed by atoms with E-state index in [2.05, 4.69) is 10.6 Å². The first-order valence-electron chi connectivity index (χ1n) is 10.7. The molecule has 1 heterocycles. The van der Waals surface area contributed by atoms with Crippen molar-refractivity contribution >= 4 is 41.4 Å². The van der Waals surface area contributed by atoms with Crippen molar-refractivity contribution in [2.24, 2.45) is 17.4 Å². The van der Waals surface area contributed by atoms with Crippen LogP contribution in [0.15, 0.2) is 0 Å². The van der Waals surface area contributed by atoms with Crippen LogP contribution >= 0.6 is 11.8 Å². The first kappa shape index (κ1) is 27.7. The molecule has 1 aliphatic rings. The van der Waals surface area contributed by atoms with E-state index in [0.29, 0.717) is 31.6 Å². The molecule has 1 aliphatic heterocycles. The molecule has 4 unspecified atom stereocenters. The Kier molecular flexibility index (Phi) is 11.5. The van der Waals surface area contributed by atoms with Gasteiger partial charge in [0.05, 0.1) is 6.04 Å². The molecule has 0 saturated carbocycles. The zero-order chi connectivity index (χ0) is 24.4. The minimum atomic E-state index is -1.15. The van der Waals surface area contributed by atoms with Crippen molar-refractivity contribution in [3.63, 3.8) is 0 Å². The third-order valence-corrected chi connectivity index (χ3v) is 5.98. The van der Waals surface area contributed by atoms with Crippen LogP contribution < -0.4 is 22.1 Å². The van der Waals surface area contributed by atoms with Gasteiger partial charge in [0.1, 0.15) is 18.1 Å². The summed E-state index contributed by atoms with van der Waals surface area (Å²) < 4.78 is 0. The van der Waals surface area contributed by atoms with Crippen LogP contribution in [-0.2, 0) is 24.0 Å². The van der Waals surface area contributed by atoms with Gasteiger partial charge in [0.25, 0.3) is 0 Å². The zero-order valence-corrected chi connectivity index (χ0v) is 19.7. The molecule has 1 fully saturated rings. The molecular formula is C20H35N5O6S. The van der Waals surface area contributed by atoms with Gasteiger partial charge in [-0.1, -0.05) is 13.8 Å². The summed E-state index contributed by atoms with van der Waals surface area (Å²) in [4.78, 5) is 62.1. The second-order valence-corrected chi connectivity index (χ2v) is 9.20. The molecule has 1 rings (SSSR count). The first-order valence-corrected chi connectivity index (χ1v) is 12.1. The molecule has 4 atom stereocenters. The summed E-state index contributed by atoms with van der Waals surface area (Å²) in [5.41, 5.74) is 11.0. The number of likely N-dealkylation sites (tertiary alicyclic amines) is 1. The van der Waals surface area contributed by atoms with Crippen LogP contribution in [0.2, 0.25) is 0 Å². The molecule has 0 aromatic carbocycles. The standard InChI is InChI=1S/C20H35N5O6S/c1-11(2)16(20(30)31)24-17(27)13(8-10-32-3)23-18(28)14-5-4-9-25(14)19(29)12(21)6-7-15(22)26/h11-14,16H,4-10,21H2,1-3H3,(H2,22,26)(H,23,28)(H,24,27)(H,30,31). The maximum absolute atomic E-state index is 13.0. The number of carboxylic acids is 1. The number of carbonyl (C=O) groups excluding carboxylic acids is 4. The minimum Gasteiger partial charge on any atom is -0.480 e. The number of carboxylic acid groups (broad SMARTS) is 1. The van der Waals surface area contributed by atoms with Gasteiger partial charge in [-0.15, -0.1) is 0 Å². The van der Waals surface area contributed by atoms with E-state index in [1.807, 2.05) is 6.26 Å². The van der Waals surface area contributed by atoms with E-state index in [1.54, 1.807) is 13.8 Å². The van der Waals surface area contributed by atoms with E-state index >= 15 is 0 Å². The third-order valence-electron chi connectivity index (χ3n) is 5.33. The summed E-state index contributed by atoms with van der Waals surface area (Å²) in [6.07, 6.45) is 3.24. The highest BCUT2D eigenvalue weighted by atomic mass is 32.2. The Bertz CT molecular complexity index is 704. The van der Waals surface area contributed by atoms with Crippen LogP contribution in [0.1, 0.15) is 46.0 Å². The van der Waals surface area contributed by atoms with Gasteiger partial charge in [0.15, 0.2) is 0 Å². The van der Waals surface area contributed by atoms with E-state index in [1.165, 1.54) is 16.7 Å². The van der Waals surface area contributed by atoms with Crippen molar-refractivity contribution in [2.45, 2.75) is 70.1 Å². The molecule has 7 N–H and O–H groups in total. The van der Waals surface area contributed by atoms with Gasteiger partial charge in [-0.05, 0) is 43.6 Å². The highest BCUT2D eigenvalue weighted by Crippen LogP contribution is 2.19. The Hall–Kier alpha value is -2.34. The number of nitrogens with two attached hydrogens (primary N) is 2. The minimum absolute atomic E-state index is 0.0326. The number of rotatable bonds is 13. The predicted octanol–water partition coefficient (Wildman–Crippen LogP) is -0.966. The number of nitrogens with one attached hydrogen (secondary N) is 2. The lowest BCUT2D eigenvalue weighted by Crippen LogP contribution is -2.57. The largest absolute Gasteiger partial charge is 0.480 e. The Morgan fingerprint density at radius 1 is 1.16 bits per heavy atom. The smallest absolute Gasteiger partial charge is 0.326 e. The van der Waals surface area contributed by atoms with Gasteiger partial charge >= 0.3 is 5.97 Å². The molecule has 32 heavy (non-hydrogen) atoms. The first-order chi connectivity index (χ1) is 15.0. The van der Waals surface area contributed by atoms with Crippen LogP contribution in [0, 0.1) is 5.92 Å². The Morgan fingerprint density at radius 2 is 1.81 bits per heavy atom. The molecule has 0 aromatic heterocycles. The van der Waals surface area contributed by atoms with Gasteiger partial charge in [-0.2, -0.15) is 11.8 Å². The fourth-order valence-electron chi connectivity index (χ4n) is 3.48. The average Bonchev–Trinajstić information content (AvgIpc) is 3.21. The third kappa shape index (κ3) is 8.30. The van der Waals surface area contributed by atoms with Crippen molar-refractivity contribution in [1.29, 1.82) is 0 Å². The number of thioether (sulfide) groups is 1. The summed E-state index contributed by atoms with van der Waals surface area (Å²) in [6.45, 7) is 3.70. The zero-order valence-electron chi connectivity index (χ0n) is 18.8. The van der Waals surface area contributed by atoms with Crippen LogP contribution in [0.4, 0.5) is 0 Å². The van der Waals surface area contributed by atoms with E-state index < -0.39 is 53.8 Å². The number of primary amides is 1. The maximum Gasteiger partial charge on any atom is 0.326 e. The van der Waals surface area contributed by atoms with E-state index in [-0.39, 0.29) is 18.8 Å². The van der Waals surface area contributed by atoms with Crippen LogP contribution in [0.25, 0.3) is 0 Å². The van der Waals surface area contributed by atoms with E-state index in [9.17, 15) is 29.1 Å². The van der Waals surface area contributed by atoms with E-state index in [4.69, 9.17) is 11.5 Å². The number of carbonyl (C=O) groups is 5. The Morgan fingerprint density at radius 3 is 2.34 bits per heavy atom. The van der Waals surface area contributed by atoms with Crippen LogP contribution in [0.3, 0.4) is 0 Å². The molecule has 0 spiro atoms. The fraction of sp³-hybridized carbons (Fsp3) is 0.750. The van der Waals surface area contributed by atoms with Crippen LogP contribution in [0.5, 0.6) is 0 Å². The van der Waals surface area contributed by atoms with Crippen molar-refractivity contribution in [1.82, 2.24) is 15.5 Å². The molecule has 182 valence electrons. The lowest BCUT2D eigenvalue weighted by Gasteiger charge is -2.29. The summed E-state index contributed by atoms with van der Waals surface area (Å²) in [7, 11) is 0. The molecule has 0 aliphatic carbocycles. The van der Waals surface area contributed by atoms with Gasteiger partial charge in [0.2, 0.25) is 23.6 Å². The van der Waals surface area contributed by atoms with Gasteiger partial charge in [0, 0.05) is 13.0 Å². The van der Waals surface area contributed by atoms with Crippen molar-refractivity contribution in [3.8, 4) is 0 Å². The second-order valence-electron chi connectivity index (χ2n) is 8.21. The van der Waals surface area contributed by atoms with Crippen molar-refractivity contribution < 1.29 is 29.1 Å². The molecule has 12 heteroatoms. The fourth-order valence-corrected chi connectivity index (χ4v) is 3.95. The normalized spacial score (nSPS) is 18.7. The summed E-state index contributed by atoms with van der Waals surface area (Å²) >= 11 is 1.49. The van der Waals surface area contributed by atoms with E-state index in [0.717, 1.165) is 0 Å². The summed E-state index contributed by atoms with van der Waals surface area (Å²) in [6, 6.07) is -3.75. The summed E-state index contributed by atoms with van der Waals surface area (Å²) in [5.74, 6) is -2.99. The number of amides is 4. The number of hydrogen-bond acceptors (Lipinski definition) is 7. The Balaban J connectivity index is 2.87. The average molecular weight is 474 g/mol. The highest BCUT2D eigenvalue weighted by molar-refractivity contribution is 7.98. The van der Waals surface area contributed by atoms with Gasteiger partial charge in [-0.3, -0.25) is 19.2 Å². The van der Waals surface area contributed by atoms with Crippen LogP contribution in [-0.4, -0.2) is 82.3 Å². The Labute approximate surface area is 192 Å². The van der Waals surface area contributed by atoms with Gasteiger partial charge in [-0.25, -0.2) is 4.79 Å². The molecule has 0 bridgehead atoms. The second kappa shape index (κ2) is 13.3. The maximum atomic E-state index is 13.0. The topological polar surface area (TPSA) is 185 Å². The summed E-state index contributed by atoms with van der Waals surface area (Å²) in [5, 5.41) is 14.5. The highest BCUT2D eigenvalue weighted by Gasteiger charge is 2.38. The number of hydrogen-bond donors (Lipinski definition) is 5. The lowest BCUT2D eigenvalue weighted by atomic mass is 10.0. The van der Waals surface area contributed by atoms with Gasteiger partial charge < -0.3 is 32.1 Å². The quantitative estimate of drug-likeness (QED) is 0.226. The lowest BCUT2D eigenvalue weighted by molar-refractivity contribution is -0.144. The van der Waals surface area contributed by atoms with Crippen molar-refractivity contribution in [2.75, 3.05) is 18.6 Å². The number of nitrogens with zero attached hydrogens (tertiary/aromatic N) is 1. The molecule has 0 aromatic rings.